The molecule has 1 aromatic carbocycles. The van der Waals surface area contributed by atoms with Crippen molar-refractivity contribution in [1.29, 1.82) is 0 Å². The van der Waals surface area contributed by atoms with Crippen LogP contribution < -0.4 is 9.47 Å². The second-order valence-electron chi connectivity index (χ2n) is 8.53. The van der Waals surface area contributed by atoms with Crippen molar-refractivity contribution < 1.29 is 19.0 Å². The molecular weight excluding hydrogens is 370 g/mol. The molecule has 0 radical (unpaired) electrons. The summed E-state index contributed by atoms with van der Waals surface area (Å²) in [5.74, 6) is 1.61. The van der Waals surface area contributed by atoms with Gasteiger partial charge in [-0.2, -0.15) is 0 Å². The number of likely N-dealkylation sites (tertiary alicyclic amines) is 1. The van der Waals surface area contributed by atoms with Gasteiger partial charge in [-0.3, -0.25) is 9.69 Å². The number of carbonyl (C=O) groups excluding carboxylic acids is 1. The zero-order chi connectivity index (χ0) is 19.8. The Hall–Kier alpha value is -2.54. The van der Waals surface area contributed by atoms with Crippen molar-refractivity contribution in [1.82, 2.24) is 14.5 Å². The van der Waals surface area contributed by atoms with Crippen molar-refractivity contribution in [3.63, 3.8) is 0 Å². The van der Waals surface area contributed by atoms with Crippen molar-refractivity contribution in [3.8, 4) is 11.5 Å². The Bertz CT molecular complexity index is 874. The van der Waals surface area contributed by atoms with Gasteiger partial charge in [0.15, 0.2) is 11.5 Å². The average Bonchev–Trinajstić information content (AvgIpc) is 3.26. The maximum absolute atomic E-state index is 12.7. The molecule has 0 N–H and O–H groups in total. The molecule has 154 valence electrons. The van der Waals surface area contributed by atoms with Crippen LogP contribution in [0, 0.1) is 12.3 Å². The van der Waals surface area contributed by atoms with Crippen LogP contribution in [0.5, 0.6) is 11.5 Å². The van der Waals surface area contributed by atoms with E-state index < -0.39 is 0 Å². The first-order valence-corrected chi connectivity index (χ1v) is 10.4. The van der Waals surface area contributed by atoms with Gasteiger partial charge in [-0.25, -0.2) is 4.98 Å². The van der Waals surface area contributed by atoms with Gasteiger partial charge in [-0.1, -0.05) is 6.07 Å². The van der Waals surface area contributed by atoms with Crippen LogP contribution in [-0.2, 0) is 16.1 Å². The van der Waals surface area contributed by atoms with E-state index in [1.54, 1.807) is 12.5 Å². The molecule has 1 spiro atoms. The van der Waals surface area contributed by atoms with Crippen LogP contribution in [0.3, 0.4) is 0 Å². The Morgan fingerprint density at radius 1 is 1.17 bits per heavy atom. The number of fused-ring (bicyclic) bond motifs is 1. The lowest BCUT2D eigenvalue weighted by molar-refractivity contribution is -0.151. The minimum Gasteiger partial charge on any atom is -0.488 e. The molecule has 2 atom stereocenters. The molecule has 0 amide bonds. The fraction of sp³-hybridized carbons (Fsp3) is 0.545. The third kappa shape index (κ3) is 3.59. The molecule has 0 aliphatic carbocycles. The van der Waals surface area contributed by atoms with Gasteiger partial charge in [-0.15, -0.1) is 0 Å². The molecule has 2 saturated heterocycles. The average molecular weight is 397 g/mol. The SMILES string of the molecule is Cc1ccc2c(c1)OCC(N1CCC3(CC1)CC(Cn1ccnc1)OC3=O)CO2. The van der Waals surface area contributed by atoms with Crippen LogP contribution in [0.15, 0.2) is 36.9 Å². The highest BCUT2D eigenvalue weighted by Crippen LogP contribution is 2.44. The van der Waals surface area contributed by atoms with Gasteiger partial charge < -0.3 is 18.8 Å². The van der Waals surface area contributed by atoms with E-state index in [1.807, 2.05) is 29.0 Å². The van der Waals surface area contributed by atoms with E-state index in [0.717, 1.165) is 49.4 Å². The number of ether oxygens (including phenoxy) is 3. The Morgan fingerprint density at radius 2 is 1.97 bits per heavy atom. The summed E-state index contributed by atoms with van der Waals surface area (Å²) >= 11 is 0. The molecule has 1 aromatic heterocycles. The van der Waals surface area contributed by atoms with Crippen LogP contribution in [0.4, 0.5) is 0 Å². The van der Waals surface area contributed by atoms with Crippen LogP contribution >= 0.6 is 0 Å². The molecule has 7 nitrogen and oxygen atoms in total. The highest BCUT2D eigenvalue weighted by molar-refractivity contribution is 5.79. The number of aryl methyl sites for hydroxylation is 1. The number of rotatable bonds is 3. The van der Waals surface area contributed by atoms with E-state index in [0.29, 0.717) is 19.8 Å². The standard InChI is InChI=1S/C22H27N3O4/c1-16-2-3-19-20(10-16)28-14-17(13-27-19)25-7-4-22(5-8-25)11-18(29-21(22)26)12-24-9-6-23-15-24/h2-3,6,9-10,15,17-18H,4-5,7-8,11-14H2,1H3. The molecule has 3 aliphatic heterocycles. The number of imidazole rings is 1. The molecule has 2 aromatic rings. The molecule has 0 saturated carbocycles. The number of carbonyl (C=O) groups is 1. The lowest BCUT2D eigenvalue weighted by Gasteiger charge is -2.39. The molecule has 3 aliphatic rings. The molecule has 4 heterocycles. The first kappa shape index (κ1) is 18.5. The van der Waals surface area contributed by atoms with Crippen molar-refractivity contribution >= 4 is 5.97 Å². The van der Waals surface area contributed by atoms with E-state index >= 15 is 0 Å². The number of nitrogens with zero attached hydrogens (tertiary/aromatic N) is 3. The topological polar surface area (TPSA) is 65.8 Å². The fourth-order valence-electron chi connectivity index (χ4n) is 4.77. The lowest BCUT2D eigenvalue weighted by Crippen LogP contribution is -2.50. The van der Waals surface area contributed by atoms with Crippen LogP contribution in [0.1, 0.15) is 24.8 Å². The molecule has 2 fully saturated rings. The van der Waals surface area contributed by atoms with Gasteiger partial charge in [-0.05, 0) is 50.6 Å². The molecule has 2 unspecified atom stereocenters. The van der Waals surface area contributed by atoms with Gasteiger partial charge in [0.1, 0.15) is 19.3 Å². The summed E-state index contributed by atoms with van der Waals surface area (Å²) < 4.78 is 19.8. The van der Waals surface area contributed by atoms with E-state index in [2.05, 4.69) is 16.8 Å². The quantitative estimate of drug-likeness (QED) is 0.741. The summed E-state index contributed by atoms with van der Waals surface area (Å²) in [4.78, 5) is 19.2. The monoisotopic (exact) mass is 397 g/mol. The lowest BCUT2D eigenvalue weighted by atomic mass is 9.75. The predicted molar refractivity (Wildman–Crippen MR) is 106 cm³/mol. The highest BCUT2D eigenvalue weighted by Gasteiger charge is 2.51. The predicted octanol–water partition coefficient (Wildman–Crippen LogP) is 2.43. The van der Waals surface area contributed by atoms with Gasteiger partial charge in [0.05, 0.1) is 24.3 Å². The van der Waals surface area contributed by atoms with E-state index in [4.69, 9.17) is 14.2 Å². The van der Waals surface area contributed by atoms with Crippen molar-refractivity contribution in [2.45, 2.75) is 44.9 Å². The van der Waals surface area contributed by atoms with E-state index in [1.165, 1.54) is 0 Å². The Balaban J connectivity index is 1.19. The maximum Gasteiger partial charge on any atom is 0.312 e. The number of hydrogen-bond acceptors (Lipinski definition) is 6. The van der Waals surface area contributed by atoms with Crippen LogP contribution in [-0.4, -0.2) is 58.9 Å². The number of benzene rings is 1. The molecular formula is C22H27N3O4. The number of esters is 1. The number of aromatic nitrogens is 2. The van der Waals surface area contributed by atoms with Gasteiger partial charge >= 0.3 is 5.97 Å². The van der Waals surface area contributed by atoms with Gasteiger partial charge in [0, 0.05) is 18.8 Å². The second kappa shape index (κ2) is 7.37. The summed E-state index contributed by atoms with van der Waals surface area (Å²) in [6.07, 6.45) is 7.82. The zero-order valence-electron chi connectivity index (χ0n) is 16.8. The minimum atomic E-state index is -0.339. The molecule has 29 heavy (non-hydrogen) atoms. The van der Waals surface area contributed by atoms with Crippen molar-refractivity contribution in [3.05, 3.63) is 42.5 Å². The Kier molecular flexibility index (Phi) is 4.70. The van der Waals surface area contributed by atoms with Crippen LogP contribution in [0.2, 0.25) is 0 Å². The maximum atomic E-state index is 12.7. The van der Waals surface area contributed by atoms with Gasteiger partial charge in [0.25, 0.3) is 0 Å². The minimum absolute atomic E-state index is 0.0292. The normalized spacial score (nSPS) is 26.3. The zero-order valence-corrected chi connectivity index (χ0v) is 16.8. The summed E-state index contributed by atoms with van der Waals surface area (Å²) in [6.45, 7) is 5.67. The first-order valence-electron chi connectivity index (χ1n) is 10.4. The molecule has 7 heteroatoms. The third-order valence-electron chi connectivity index (χ3n) is 6.53. The number of cyclic esters (lactones) is 1. The third-order valence-corrected chi connectivity index (χ3v) is 6.53. The Morgan fingerprint density at radius 3 is 2.72 bits per heavy atom. The van der Waals surface area contributed by atoms with Crippen molar-refractivity contribution in [2.24, 2.45) is 5.41 Å². The van der Waals surface area contributed by atoms with Crippen molar-refractivity contribution in [2.75, 3.05) is 26.3 Å². The molecule has 0 bridgehead atoms. The summed E-state index contributed by atoms with van der Waals surface area (Å²) in [6, 6.07) is 6.24. The Labute approximate surface area is 170 Å². The highest BCUT2D eigenvalue weighted by atomic mass is 16.6. The largest absolute Gasteiger partial charge is 0.488 e. The number of hydrogen-bond donors (Lipinski definition) is 0. The summed E-state index contributed by atoms with van der Waals surface area (Å²) in [5, 5.41) is 0. The summed E-state index contributed by atoms with van der Waals surface area (Å²) in [7, 11) is 0. The van der Waals surface area contributed by atoms with E-state index in [9.17, 15) is 4.79 Å². The van der Waals surface area contributed by atoms with Crippen LogP contribution in [0.25, 0.3) is 0 Å². The summed E-state index contributed by atoms with van der Waals surface area (Å²) in [5.41, 5.74) is 0.824. The smallest absolute Gasteiger partial charge is 0.312 e. The first-order chi connectivity index (χ1) is 14.1. The number of piperidine rings is 1. The fourth-order valence-corrected chi connectivity index (χ4v) is 4.77. The van der Waals surface area contributed by atoms with E-state index in [-0.39, 0.29) is 23.5 Å². The second-order valence-corrected chi connectivity index (χ2v) is 8.53. The van der Waals surface area contributed by atoms with Gasteiger partial charge in [0.2, 0.25) is 0 Å². The molecule has 5 rings (SSSR count).